The summed E-state index contributed by atoms with van der Waals surface area (Å²) >= 11 is 0. The van der Waals surface area contributed by atoms with Crippen LogP contribution in [0.15, 0.2) is 68.8 Å². The van der Waals surface area contributed by atoms with Gasteiger partial charge in [-0.2, -0.15) is 0 Å². The average Bonchev–Trinajstić information content (AvgIpc) is 3.59. The minimum Gasteiger partial charge on any atom is -0.445 e. The molecule has 36 heavy (non-hydrogen) atoms. The van der Waals surface area contributed by atoms with E-state index in [-0.39, 0.29) is 22.9 Å². The number of sulfonamides is 1. The quantitative estimate of drug-likeness (QED) is 0.387. The topological polar surface area (TPSA) is 131 Å². The summed E-state index contributed by atoms with van der Waals surface area (Å²) in [4.78, 5) is 18.0. The lowest BCUT2D eigenvalue weighted by molar-refractivity contribution is 0.216. The number of carbonyl (C=O) groups is 1. The molecule has 5 rings (SSSR count). The first kappa shape index (κ1) is 23.6. The SMILES string of the molecule is Cc1noc(NS(=O)(=O)c2ccccc2-c2ccc(-c3ncco3)cc2CC2CNC(=O)N2C)c1C. The molecule has 10 nitrogen and oxygen atoms in total. The number of urea groups is 1. The molecule has 3 heterocycles. The van der Waals surface area contributed by atoms with E-state index in [9.17, 15) is 13.2 Å². The maximum atomic E-state index is 13.5. The summed E-state index contributed by atoms with van der Waals surface area (Å²) in [5.41, 5.74) is 4.08. The van der Waals surface area contributed by atoms with Gasteiger partial charge in [-0.25, -0.2) is 22.9 Å². The van der Waals surface area contributed by atoms with Gasteiger partial charge in [-0.05, 0) is 49.6 Å². The second-order valence-corrected chi connectivity index (χ2v) is 10.3. The molecule has 0 spiro atoms. The predicted molar refractivity (Wildman–Crippen MR) is 133 cm³/mol. The number of anilines is 1. The highest BCUT2D eigenvalue weighted by Crippen LogP contribution is 2.35. The Morgan fingerprint density at radius 2 is 1.97 bits per heavy atom. The van der Waals surface area contributed by atoms with E-state index in [1.54, 1.807) is 56.3 Å². The van der Waals surface area contributed by atoms with Crippen molar-refractivity contribution in [2.75, 3.05) is 18.3 Å². The zero-order valence-corrected chi connectivity index (χ0v) is 20.8. The molecule has 11 heteroatoms. The maximum absolute atomic E-state index is 13.5. The lowest BCUT2D eigenvalue weighted by Gasteiger charge is -2.21. The molecule has 2 amide bonds. The number of hydrogen-bond acceptors (Lipinski definition) is 7. The van der Waals surface area contributed by atoms with Crippen LogP contribution in [0.4, 0.5) is 10.7 Å². The van der Waals surface area contributed by atoms with Gasteiger partial charge >= 0.3 is 6.03 Å². The van der Waals surface area contributed by atoms with Crippen molar-refractivity contribution in [1.82, 2.24) is 20.4 Å². The van der Waals surface area contributed by atoms with Gasteiger partial charge in [0, 0.05) is 30.3 Å². The van der Waals surface area contributed by atoms with Crippen molar-refractivity contribution >= 4 is 21.9 Å². The predicted octanol–water partition coefficient (Wildman–Crippen LogP) is 3.98. The van der Waals surface area contributed by atoms with Crippen molar-refractivity contribution in [3.05, 3.63) is 71.7 Å². The minimum absolute atomic E-state index is 0.0823. The van der Waals surface area contributed by atoms with E-state index in [0.29, 0.717) is 35.7 Å². The Morgan fingerprint density at radius 3 is 2.64 bits per heavy atom. The second-order valence-electron chi connectivity index (χ2n) is 8.69. The molecule has 1 saturated heterocycles. The Labute approximate surface area is 208 Å². The van der Waals surface area contributed by atoms with Crippen LogP contribution in [-0.4, -0.2) is 49.1 Å². The third kappa shape index (κ3) is 4.33. The fraction of sp³-hybridized carbons (Fsp3) is 0.240. The van der Waals surface area contributed by atoms with Crippen LogP contribution in [0, 0.1) is 13.8 Å². The number of likely N-dealkylation sites (N-methyl/N-ethyl adjacent to an activating group) is 1. The number of rotatable bonds is 7. The lowest BCUT2D eigenvalue weighted by atomic mass is 9.93. The normalized spacial score (nSPS) is 15.8. The third-order valence-corrected chi connectivity index (χ3v) is 7.84. The highest BCUT2D eigenvalue weighted by Gasteiger charge is 2.29. The van der Waals surface area contributed by atoms with Crippen molar-refractivity contribution in [1.29, 1.82) is 0 Å². The molecule has 0 saturated carbocycles. The first-order valence-corrected chi connectivity index (χ1v) is 12.8. The van der Waals surface area contributed by atoms with Crippen molar-refractivity contribution < 1.29 is 22.2 Å². The molecule has 186 valence electrons. The fourth-order valence-electron chi connectivity index (χ4n) is 4.23. The summed E-state index contributed by atoms with van der Waals surface area (Å²) in [6, 6.07) is 12.2. The monoisotopic (exact) mass is 507 g/mol. The summed E-state index contributed by atoms with van der Waals surface area (Å²) in [7, 11) is -2.26. The Balaban J connectivity index is 1.60. The van der Waals surface area contributed by atoms with Gasteiger partial charge in [-0.1, -0.05) is 29.4 Å². The van der Waals surface area contributed by atoms with Crippen LogP contribution in [0.25, 0.3) is 22.6 Å². The van der Waals surface area contributed by atoms with Crippen LogP contribution >= 0.6 is 0 Å². The Hall–Kier alpha value is -4.12. The highest BCUT2D eigenvalue weighted by atomic mass is 32.2. The number of oxazole rings is 1. The molecule has 2 aromatic carbocycles. The smallest absolute Gasteiger partial charge is 0.317 e. The minimum atomic E-state index is -4.01. The number of amides is 2. The zero-order chi connectivity index (χ0) is 25.4. The number of nitrogens with zero attached hydrogens (tertiary/aromatic N) is 3. The van der Waals surface area contributed by atoms with E-state index in [0.717, 1.165) is 16.7 Å². The molecule has 0 aliphatic carbocycles. The number of hydrogen-bond donors (Lipinski definition) is 2. The van der Waals surface area contributed by atoms with Crippen LogP contribution < -0.4 is 10.0 Å². The van der Waals surface area contributed by atoms with E-state index in [2.05, 4.69) is 20.2 Å². The Kier molecular flexibility index (Phi) is 6.00. The highest BCUT2D eigenvalue weighted by molar-refractivity contribution is 7.92. The molecule has 0 bridgehead atoms. The van der Waals surface area contributed by atoms with E-state index in [1.807, 2.05) is 18.2 Å². The van der Waals surface area contributed by atoms with Crippen LogP contribution in [0.3, 0.4) is 0 Å². The molecule has 1 aliphatic heterocycles. The van der Waals surface area contributed by atoms with Crippen molar-refractivity contribution in [2.24, 2.45) is 0 Å². The summed E-state index contributed by atoms with van der Waals surface area (Å²) in [6.45, 7) is 3.97. The van der Waals surface area contributed by atoms with Gasteiger partial charge in [-0.15, -0.1) is 0 Å². The molecule has 1 fully saturated rings. The standard InChI is InChI=1S/C25H25N5O5S/c1-15-16(2)28-35-23(15)29-36(32,33)22-7-5-4-6-21(22)20-9-8-17(24-26-10-11-34-24)12-18(20)13-19-14-27-25(31)30(19)3/h4-12,19,29H,13-14H2,1-3H3,(H,27,31). The van der Waals surface area contributed by atoms with Gasteiger partial charge < -0.3 is 19.2 Å². The lowest BCUT2D eigenvalue weighted by Crippen LogP contribution is -2.31. The van der Waals surface area contributed by atoms with E-state index < -0.39 is 10.0 Å². The van der Waals surface area contributed by atoms with E-state index in [1.165, 1.54) is 6.26 Å². The Morgan fingerprint density at radius 1 is 1.17 bits per heavy atom. The molecule has 2 aromatic heterocycles. The largest absolute Gasteiger partial charge is 0.445 e. The number of aryl methyl sites for hydroxylation is 1. The van der Waals surface area contributed by atoms with Crippen LogP contribution in [0.5, 0.6) is 0 Å². The molecular weight excluding hydrogens is 482 g/mol. The van der Waals surface area contributed by atoms with Gasteiger partial charge in [0.25, 0.3) is 10.0 Å². The molecule has 4 aromatic rings. The Bertz CT molecular complexity index is 1530. The molecular formula is C25H25N5O5S. The summed E-state index contributed by atoms with van der Waals surface area (Å²) in [5.74, 6) is 0.537. The van der Waals surface area contributed by atoms with Crippen LogP contribution in [-0.2, 0) is 16.4 Å². The number of carbonyl (C=O) groups excluding carboxylic acids is 1. The first-order chi connectivity index (χ1) is 17.2. The first-order valence-electron chi connectivity index (χ1n) is 11.3. The molecule has 1 unspecified atom stereocenters. The van der Waals surface area contributed by atoms with E-state index >= 15 is 0 Å². The summed E-state index contributed by atoms with van der Waals surface area (Å²) in [5, 5.41) is 6.68. The summed E-state index contributed by atoms with van der Waals surface area (Å²) in [6.07, 6.45) is 3.56. The molecule has 2 N–H and O–H groups in total. The van der Waals surface area contributed by atoms with Gasteiger partial charge in [0.2, 0.25) is 11.8 Å². The number of nitrogens with one attached hydrogen (secondary N) is 2. The van der Waals surface area contributed by atoms with Gasteiger partial charge in [-0.3, -0.25) is 0 Å². The van der Waals surface area contributed by atoms with Crippen molar-refractivity contribution in [2.45, 2.75) is 31.2 Å². The van der Waals surface area contributed by atoms with Gasteiger partial charge in [0.15, 0.2) is 0 Å². The molecule has 1 atom stereocenters. The van der Waals surface area contributed by atoms with Crippen LogP contribution in [0.1, 0.15) is 16.8 Å². The maximum Gasteiger partial charge on any atom is 0.317 e. The fourth-order valence-corrected chi connectivity index (χ4v) is 5.50. The molecule has 1 aliphatic rings. The average molecular weight is 508 g/mol. The van der Waals surface area contributed by atoms with Gasteiger partial charge in [0.05, 0.1) is 22.8 Å². The van der Waals surface area contributed by atoms with Gasteiger partial charge in [0.1, 0.15) is 6.26 Å². The van der Waals surface area contributed by atoms with Crippen molar-refractivity contribution in [3.63, 3.8) is 0 Å². The molecule has 0 radical (unpaired) electrons. The van der Waals surface area contributed by atoms with E-state index in [4.69, 9.17) is 8.94 Å². The number of aromatic nitrogens is 2. The van der Waals surface area contributed by atoms with Crippen LogP contribution in [0.2, 0.25) is 0 Å². The third-order valence-electron chi connectivity index (χ3n) is 6.45. The zero-order valence-electron chi connectivity index (χ0n) is 20.0. The summed E-state index contributed by atoms with van der Waals surface area (Å²) < 4.78 is 40.1. The van der Waals surface area contributed by atoms with Crippen molar-refractivity contribution in [3.8, 4) is 22.6 Å². The second kappa shape index (κ2) is 9.15. The number of benzene rings is 2.